The van der Waals surface area contributed by atoms with Gasteiger partial charge in [0.15, 0.2) is 0 Å². The van der Waals surface area contributed by atoms with Crippen molar-refractivity contribution in [1.82, 2.24) is 5.32 Å². The Bertz CT molecular complexity index is 601. The Balaban J connectivity index is 2.05. The van der Waals surface area contributed by atoms with Crippen LogP contribution in [0, 0.1) is 5.82 Å². The highest BCUT2D eigenvalue weighted by Gasteiger charge is 2.06. The van der Waals surface area contributed by atoms with E-state index in [1.807, 2.05) is 31.3 Å². The van der Waals surface area contributed by atoms with Crippen LogP contribution in [0.15, 0.2) is 48.5 Å². The van der Waals surface area contributed by atoms with Crippen molar-refractivity contribution in [2.24, 2.45) is 0 Å². The van der Waals surface area contributed by atoms with Gasteiger partial charge in [-0.1, -0.05) is 24.3 Å². The molecule has 2 amide bonds. The van der Waals surface area contributed by atoms with Gasteiger partial charge in [-0.25, -0.2) is 9.18 Å². The van der Waals surface area contributed by atoms with Gasteiger partial charge in [-0.2, -0.15) is 0 Å². The third-order valence-corrected chi connectivity index (χ3v) is 2.72. The Kier molecular flexibility index (Phi) is 4.68. The summed E-state index contributed by atoms with van der Waals surface area (Å²) >= 11 is 0. The SMILES string of the molecule is CNCc1ccccc1NC(=O)Nc1cccc(F)c1. The Hall–Kier alpha value is -2.40. The van der Waals surface area contributed by atoms with Crippen molar-refractivity contribution in [3.05, 3.63) is 59.9 Å². The van der Waals surface area contributed by atoms with Crippen LogP contribution >= 0.6 is 0 Å². The van der Waals surface area contributed by atoms with Crippen LogP contribution in [0.5, 0.6) is 0 Å². The summed E-state index contributed by atoms with van der Waals surface area (Å²) in [6.45, 7) is 0.649. The molecule has 0 heterocycles. The monoisotopic (exact) mass is 273 g/mol. The van der Waals surface area contributed by atoms with Gasteiger partial charge < -0.3 is 16.0 Å². The largest absolute Gasteiger partial charge is 0.323 e. The van der Waals surface area contributed by atoms with Crippen molar-refractivity contribution < 1.29 is 9.18 Å². The quantitative estimate of drug-likeness (QED) is 0.801. The summed E-state index contributed by atoms with van der Waals surface area (Å²) in [5.74, 6) is -0.390. The van der Waals surface area contributed by atoms with Crippen LogP contribution in [0.4, 0.5) is 20.6 Å². The molecular formula is C15H16FN3O. The molecule has 0 aromatic heterocycles. The summed E-state index contributed by atoms with van der Waals surface area (Å²) in [5.41, 5.74) is 2.11. The van der Waals surface area contributed by atoms with Crippen LogP contribution in [-0.4, -0.2) is 13.1 Å². The molecule has 4 nitrogen and oxygen atoms in total. The second-order valence-corrected chi connectivity index (χ2v) is 4.28. The first-order valence-electron chi connectivity index (χ1n) is 6.25. The van der Waals surface area contributed by atoms with Crippen LogP contribution in [-0.2, 0) is 6.54 Å². The van der Waals surface area contributed by atoms with E-state index in [9.17, 15) is 9.18 Å². The molecule has 0 atom stereocenters. The van der Waals surface area contributed by atoms with E-state index in [1.165, 1.54) is 12.1 Å². The minimum Gasteiger partial charge on any atom is -0.316 e. The number of benzene rings is 2. The zero-order chi connectivity index (χ0) is 14.4. The number of carbonyl (C=O) groups is 1. The summed E-state index contributed by atoms with van der Waals surface area (Å²) in [6, 6.07) is 12.8. The standard InChI is InChI=1S/C15H16FN3O/c1-17-10-11-5-2-3-8-14(11)19-15(20)18-13-7-4-6-12(16)9-13/h2-9,17H,10H2,1H3,(H2,18,19,20). The second-order valence-electron chi connectivity index (χ2n) is 4.28. The average Bonchev–Trinajstić information content (AvgIpc) is 2.41. The van der Waals surface area contributed by atoms with Gasteiger partial charge in [-0.05, 0) is 36.9 Å². The highest BCUT2D eigenvalue weighted by molar-refractivity contribution is 6.00. The van der Waals surface area contributed by atoms with Crippen molar-refractivity contribution in [3.63, 3.8) is 0 Å². The number of urea groups is 1. The predicted octanol–water partition coefficient (Wildman–Crippen LogP) is 3.19. The van der Waals surface area contributed by atoms with Crippen molar-refractivity contribution >= 4 is 17.4 Å². The molecule has 104 valence electrons. The van der Waals surface area contributed by atoms with Crippen molar-refractivity contribution in [2.75, 3.05) is 17.7 Å². The van der Waals surface area contributed by atoms with Gasteiger partial charge in [0.25, 0.3) is 0 Å². The van der Waals surface area contributed by atoms with Gasteiger partial charge in [0.2, 0.25) is 0 Å². The minimum atomic E-state index is -0.404. The molecule has 0 fully saturated rings. The maximum absolute atomic E-state index is 13.0. The molecule has 0 aliphatic heterocycles. The van der Waals surface area contributed by atoms with Gasteiger partial charge in [-0.15, -0.1) is 0 Å². The number of halogens is 1. The molecule has 0 saturated heterocycles. The summed E-state index contributed by atoms with van der Waals surface area (Å²) in [6.07, 6.45) is 0. The Morgan fingerprint density at radius 3 is 2.65 bits per heavy atom. The fourth-order valence-corrected chi connectivity index (χ4v) is 1.84. The van der Waals surface area contributed by atoms with E-state index in [1.54, 1.807) is 12.1 Å². The van der Waals surface area contributed by atoms with Gasteiger partial charge in [0, 0.05) is 17.9 Å². The number of amides is 2. The van der Waals surface area contributed by atoms with Gasteiger partial charge in [0.05, 0.1) is 0 Å². The molecule has 0 radical (unpaired) electrons. The molecule has 0 saturated carbocycles. The lowest BCUT2D eigenvalue weighted by Crippen LogP contribution is -2.21. The number of carbonyl (C=O) groups excluding carboxylic acids is 1. The van der Waals surface area contributed by atoms with E-state index in [-0.39, 0.29) is 0 Å². The fourth-order valence-electron chi connectivity index (χ4n) is 1.84. The van der Waals surface area contributed by atoms with E-state index < -0.39 is 11.8 Å². The topological polar surface area (TPSA) is 53.2 Å². The maximum Gasteiger partial charge on any atom is 0.323 e. The molecule has 2 aromatic rings. The van der Waals surface area contributed by atoms with Crippen LogP contribution < -0.4 is 16.0 Å². The smallest absolute Gasteiger partial charge is 0.316 e. The zero-order valence-corrected chi connectivity index (χ0v) is 11.1. The Labute approximate surface area is 117 Å². The van der Waals surface area contributed by atoms with E-state index in [4.69, 9.17) is 0 Å². The first-order valence-corrected chi connectivity index (χ1v) is 6.25. The number of rotatable bonds is 4. The highest BCUT2D eigenvalue weighted by atomic mass is 19.1. The van der Waals surface area contributed by atoms with Crippen molar-refractivity contribution in [2.45, 2.75) is 6.54 Å². The number of hydrogen-bond donors (Lipinski definition) is 3. The van der Waals surface area contributed by atoms with E-state index in [0.29, 0.717) is 12.2 Å². The van der Waals surface area contributed by atoms with Gasteiger partial charge in [-0.3, -0.25) is 0 Å². The second kappa shape index (κ2) is 6.68. The molecule has 2 aromatic carbocycles. The molecule has 0 spiro atoms. The lowest BCUT2D eigenvalue weighted by molar-refractivity contribution is 0.262. The molecule has 0 aliphatic rings. The van der Waals surface area contributed by atoms with Gasteiger partial charge >= 0.3 is 6.03 Å². The lowest BCUT2D eigenvalue weighted by atomic mass is 10.2. The van der Waals surface area contributed by atoms with Crippen LogP contribution in [0.25, 0.3) is 0 Å². The molecule has 0 unspecified atom stereocenters. The minimum absolute atomic E-state index is 0.390. The molecule has 0 bridgehead atoms. The fraction of sp³-hybridized carbons (Fsp3) is 0.133. The van der Waals surface area contributed by atoms with Crippen LogP contribution in [0.3, 0.4) is 0 Å². The lowest BCUT2D eigenvalue weighted by Gasteiger charge is -2.11. The van der Waals surface area contributed by atoms with Crippen molar-refractivity contribution in [1.29, 1.82) is 0 Å². The normalized spacial score (nSPS) is 10.1. The third-order valence-electron chi connectivity index (χ3n) is 2.72. The first kappa shape index (κ1) is 14.0. The predicted molar refractivity (Wildman–Crippen MR) is 78.2 cm³/mol. The summed E-state index contributed by atoms with van der Waals surface area (Å²) in [5, 5.41) is 8.37. The molecule has 5 heteroatoms. The summed E-state index contributed by atoms with van der Waals surface area (Å²) < 4.78 is 13.0. The molecular weight excluding hydrogens is 257 g/mol. The van der Waals surface area contributed by atoms with E-state index >= 15 is 0 Å². The highest BCUT2D eigenvalue weighted by Crippen LogP contribution is 2.15. The average molecular weight is 273 g/mol. The maximum atomic E-state index is 13.0. The molecule has 2 rings (SSSR count). The van der Waals surface area contributed by atoms with Crippen molar-refractivity contribution in [3.8, 4) is 0 Å². The van der Waals surface area contributed by atoms with E-state index in [2.05, 4.69) is 16.0 Å². The Morgan fingerprint density at radius 1 is 1.10 bits per heavy atom. The van der Waals surface area contributed by atoms with Crippen LogP contribution in [0.1, 0.15) is 5.56 Å². The summed E-state index contributed by atoms with van der Waals surface area (Å²) in [7, 11) is 1.84. The Morgan fingerprint density at radius 2 is 1.90 bits per heavy atom. The third kappa shape index (κ3) is 3.80. The number of hydrogen-bond acceptors (Lipinski definition) is 2. The van der Waals surface area contributed by atoms with Gasteiger partial charge in [0.1, 0.15) is 5.82 Å². The molecule has 0 aliphatic carbocycles. The van der Waals surface area contributed by atoms with Crippen LogP contribution in [0.2, 0.25) is 0 Å². The number of para-hydroxylation sites is 1. The zero-order valence-electron chi connectivity index (χ0n) is 11.1. The number of anilines is 2. The summed E-state index contributed by atoms with van der Waals surface area (Å²) in [4.78, 5) is 11.9. The molecule has 3 N–H and O–H groups in total. The number of nitrogens with one attached hydrogen (secondary N) is 3. The first-order chi connectivity index (χ1) is 9.69. The molecule has 20 heavy (non-hydrogen) atoms. The van der Waals surface area contributed by atoms with E-state index in [0.717, 1.165) is 11.3 Å².